The maximum atomic E-state index is 2.63. The number of para-hydroxylation sites is 1. The van der Waals surface area contributed by atoms with E-state index in [0.717, 1.165) is 0 Å². The lowest BCUT2D eigenvalue weighted by Gasteiger charge is -2.31. The van der Waals surface area contributed by atoms with Crippen LogP contribution in [-0.2, 0) is 0 Å². The standard InChI is InChI=1S/C17H31NSi/c1-6-8-14-18(15-9-7-2)16-12-10-11-13-17(16)19(3,4)5/h10-13H,6-9,14-15H2,1-5H3. The van der Waals surface area contributed by atoms with E-state index in [4.69, 9.17) is 0 Å². The fraction of sp³-hybridized carbons (Fsp3) is 0.647. The first-order valence-corrected chi connectivity index (χ1v) is 11.3. The van der Waals surface area contributed by atoms with Crippen molar-refractivity contribution in [1.29, 1.82) is 0 Å². The van der Waals surface area contributed by atoms with Crippen LogP contribution in [0.25, 0.3) is 0 Å². The lowest BCUT2D eigenvalue weighted by Crippen LogP contribution is -2.42. The van der Waals surface area contributed by atoms with E-state index in [1.807, 2.05) is 0 Å². The Morgan fingerprint density at radius 1 is 0.895 bits per heavy atom. The first kappa shape index (κ1) is 16.3. The molecule has 108 valence electrons. The number of rotatable bonds is 8. The molecule has 0 aliphatic heterocycles. The van der Waals surface area contributed by atoms with Gasteiger partial charge in [-0.3, -0.25) is 0 Å². The van der Waals surface area contributed by atoms with E-state index in [9.17, 15) is 0 Å². The van der Waals surface area contributed by atoms with Crippen LogP contribution < -0.4 is 10.1 Å². The summed E-state index contributed by atoms with van der Waals surface area (Å²) in [6, 6.07) is 9.09. The van der Waals surface area contributed by atoms with Gasteiger partial charge in [0.25, 0.3) is 0 Å². The van der Waals surface area contributed by atoms with Gasteiger partial charge in [0.2, 0.25) is 0 Å². The second-order valence-corrected chi connectivity index (χ2v) is 11.5. The molecule has 19 heavy (non-hydrogen) atoms. The summed E-state index contributed by atoms with van der Waals surface area (Å²) in [5, 5.41) is 1.61. The maximum absolute atomic E-state index is 2.63. The second-order valence-electron chi connectivity index (χ2n) is 6.46. The molecule has 0 unspecified atom stereocenters. The molecule has 0 N–H and O–H groups in total. The van der Waals surface area contributed by atoms with Crippen LogP contribution in [0.1, 0.15) is 39.5 Å². The number of nitrogens with zero attached hydrogens (tertiary/aromatic N) is 1. The average Bonchev–Trinajstić information content (AvgIpc) is 2.38. The van der Waals surface area contributed by atoms with Gasteiger partial charge in [-0.25, -0.2) is 0 Å². The van der Waals surface area contributed by atoms with Crippen LogP contribution in [0.15, 0.2) is 24.3 Å². The minimum absolute atomic E-state index is 1.21. The van der Waals surface area contributed by atoms with Crippen LogP contribution in [0, 0.1) is 0 Å². The predicted molar refractivity (Wildman–Crippen MR) is 91.5 cm³/mol. The zero-order chi connectivity index (χ0) is 14.3. The predicted octanol–water partition coefficient (Wildman–Crippen LogP) is 4.64. The van der Waals surface area contributed by atoms with Crippen molar-refractivity contribution in [2.24, 2.45) is 0 Å². The molecule has 1 aromatic rings. The Hall–Kier alpha value is -0.763. The molecular formula is C17H31NSi. The lowest BCUT2D eigenvalue weighted by atomic mass is 10.2. The van der Waals surface area contributed by atoms with Crippen LogP contribution in [0.2, 0.25) is 19.6 Å². The van der Waals surface area contributed by atoms with Gasteiger partial charge in [0, 0.05) is 18.8 Å². The van der Waals surface area contributed by atoms with Crippen LogP contribution >= 0.6 is 0 Å². The van der Waals surface area contributed by atoms with Gasteiger partial charge in [0.05, 0.1) is 8.07 Å². The molecular weight excluding hydrogens is 246 g/mol. The lowest BCUT2D eigenvalue weighted by molar-refractivity contribution is 0.679. The van der Waals surface area contributed by atoms with E-state index in [1.54, 1.807) is 5.19 Å². The first-order valence-electron chi connectivity index (χ1n) is 7.85. The van der Waals surface area contributed by atoms with Gasteiger partial charge in [-0.1, -0.05) is 64.5 Å². The molecule has 0 spiro atoms. The first-order chi connectivity index (χ1) is 9.00. The third kappa shape index (κ3) is 5.02. The summed E-state index contributed by atoms with van der Waals surface area (Å²) >= 11 is 0. The number of hydrogen-bond acceptors (Lipinski definition) is 1. The number of unbranched alkanes of at least 4 members (excludes halogenated alkanes) is 2. The van der Waals surface area contributed by atoms with Crippen molar-refractivity contribution < 1.29 is 0 Å². The van der Waals surface area contributed by atoms with Crippen molar-refractivity contribution >= 4 is 18.9 Å². The van der Waals surface area contributed by atoms with E-state index in [0.29, 0.717) is 0 Å². The molecule has 2 heteroatoms. The SMILES string of the molecule is CCCCN(CCCC)c1ccccc1[Si](C)(C)C. The normalized spacial score (nSPS) is 11.6. The fourth-order valence-electron chi connectivity index (χ4n) is 2.43. The van der Waals surface area contributed by atoms with E-state index < -0.39 is 8.07 Å². The van der Waals surface area contributed by atoms with E-state index in [-0.39, 0.29) is 0 Å². The van der Waals surface area contributed by atoms with Gasteiger partial charge < -0.3 is 4.90 Å². The van der Waals surface area contributed by atoms with Gasteiger partial charge in [-0.05, 0) is 24.1 Å². The molecule has 0 bridgehead atoms. The highest BCUT2D eigenvalue weighted by molar-refractivity contribution is 6.89. The number of hydrogen-bond donors (Lipinski definition) is 0. The van der Waals surface area contributed by atoms with Crippen molar-refractivity contribution in [1.82, 2.24) is 0 Å². The quantitative estimate of drug-likeness (QED) is 0.626. The van der Waals surface area contributed by atoms with Gasteiger partial charge in [-0.2, -0.15) is 0 Å². The summed E-state index contributed by atoms with van der Waals surface area (Å²) in [6.07, 6.45) is 5.14. The molecule has 0 atom stereocenters. The number of anilines is 1. The van der Waals surface area contributed by atoms with E-state index in [1.165, 1.54) is 44.5 Å². The summed E-state index contributed by atoms with van der Waals surface area (Å²) < 4.78 is 0. The molecule has 0 saturated heterocycles. The molecule has 0 aliphatic carbocycles. The molecule has 1 nitrogen and oxygen atoms in total. The molecule has 0 aromatic heterocycles. The summed E-state index contributed by atoms with van der Waals surface area (Å²) in [4.78, 5) is 2.63. The summed E-state index contributed by atoms with van der Waals surface area (Å²) in [7, 11) is -1.26. The van der Waals surface area contributed by atoms with E-state index >= 15 is 0 Å². The Morgan fingerprint density at radius 3 is 1.89 bits per heavy atom. The maximum Gasteiger partial charge on any atom is 0.0803 e. The topological polar surface area (TPSA) is 3.24 Å². The van der Waals surface area contributed by atoms with Crippen molar-refractivity contribution in [3.8, 4) is 0 Å². The van der Waals surface area contributed by atoms with Gasteiger partial charge >= 0.3 is 0 Å². The van der Waals surface area contributed by atoms with Crippen molar-refractivity contribution in [2.75, 3.05) is 18.0 Å². The molecule has 0 amide bonds. The highest BCUT2D eigenvalue weighted by Crippen LogP contribution is 2.18. The molecule has 0 saturated carbocycles. The van der Waals surface area contributed by atoms with E-state index in [2.05, 4.69) is 62.7 Å². The molecule has 0 fully saturated rings. The van der Waals surface area contributed by atoms with Crippen molar-refractivity contribution in [2.45, 2.75) is 59.2 Å². The fourth-order valence-corrected chi connectivity index (χ4v) is 4.04. The third-order valence-electron chi connectivity index (χ3n) is 3.62. The van der Waals surface area contributed by atoms with Gasteiger partial charge in [0.1, 0.15) is 0 Å². The van der Waals surface area contributed by atoms with Crippen LogP contribution in [0.4, 0.5) is 5.69 Å². The Balaban J connectivity index is 3.00. The highest BCUT2D eigenvalue weighted by atomic mass is 28.3. The molecule has 1 aromatic carbocycles. The van der Waals surface area contributed by atoms with Crippen molar-refractivity contribution in [3.63, 3.8) is 0 Å². The largest absolute Gasteiger partial charge is 0.372 e. The molecule has 1 rings (SSSR count). The summed E-state index contributed by atoms with van der Waals surface area (Å²) in [6.45, 7) is 14.3. The summed E-state index contributed by atoms with van der Waals surface area (Å²) in [5.74, 6) is 0. The van der Waals surface area contributed by atoms with Crippen LogP contribution in [-0.4, -0.2) is 21.2 Å². The van der Waals surface area contributed by atoms with Crippen molar-refractivity contribution in [3.05, 3.63) is 24.3 Å². The zero-order valence-electron chi connectivity index (χ0n) is 13.5. The summed E-state index contributed by atoms with van der Waals surface area (Å²) in [5.41, 5.74) is 1.50. The number of benzene rings is 1. The third-order valence-corrected chi connectivity index (χ3v) is 5.65. The Bertz CT molecular complexity index is 360. The Labute approximate surface area is 121 Å². The monoisotopic (exact) mass is 277 g/mol. The van der Waals surface area contributed by atoms with Crippen LogP contribution in [0.5, 0.6) is 0 Å². The average molecular weight is 278 g/mol. The van der Waals surface area contributed by atoms with Gasteiger partial charge in [-0.15, -0.1) is 0 Å². The smallest absolute Gasteiger partial charge is 0.0803 e. The Morgan fingerprint density at radius 2 is 1.42 bits per heavy atom. The minimum Gasteiger partial charge on any atom is -0.372 e. The zero-order valence-corrected chi connectivity index (χ0v) is 14.5. The van der Waals surface area contributed by atoms with Gasteiger partial charge in [0.15, 0.2) is 0 Å². The Kier molecular flexibility index (Phi) is 6.63. The second kappa shape index (κ2) is 7.74. The molecule has 0 aliphatic rings. The molecule has 0 radical (unpaired) electrons. The van der Waals surface area contributed by atoms with Crippen LogP contribution in [0.3, 0.4) is 0 Å². The molecule has 0 heterocycles. The highest BCUT2D eigenvalue weighted by Gasteiger charge is 2.22. The minimum atomic E-state index is -1.26.